The number of ether oxygens (including phenoxy) is 2. The summed E-state index contributed by atoms with van der Waals surface area (Å²) in [5.74, 6) is 2.46. The van der Waals surface area contributed by atoms with E-state index >= 15 is 0 Å². The molecule has 0 aromatic heterocycles. The van der Waals surface area contributed by atoms with E-state index in [0.717, 1.165) is 49.0 Å². The highest BCUT2D eigenvalue weighted by Gasteiger charge is 2.41. The quantitative estimate of drug-likeness (QED) is 0.384. The van der Waals surface area contributed by atoms with Crippen molar-refractivity contribution in [1.29, 1.82) is 0 Å². The van der Waals surface area contributed by atoms with Gasteiger partial charge < -0.3 is 19.7 Å². The van der Waals surface area contributed by atoms with E-state index in [9.17, 15) is 4.39 Å². The Bertz CT molecular complexity index is 906. The van der Waals surface area contributed by atoms with Crippen molar-refractivity contribution in [3.8, 4) is 11.5 Å². The number of rotatable bonds is 4. The third-order valence-corrected chi connectivity index (χ3v) is 5.64. The van der Waals surface area contributed by atoms with Crippen LogP contribution in [0, 0.1) is 5.82 Å². The number of fused-ring (bicyclic) bond motifs is 1. The van der Waals surface area contributed by atoms with Crippen molar-refractivity contribution < 1.29 is 13.9 Å². The number of halogens is 2. The van der Waals surface area contributed by atoms with Gasteiger partial charge in [0.1, 0.15) is 5.82 Å². The van der Waals surface area contributed by atoms with Gasteiger partial charge in [-0.15, -0.1) is 24.0 Å². The van der Waals surface area contributed by atoms with Crippen LogP contribution in [0.1, 0.15) is 29.0 Å². The fourth-order valence-electron chi connectivity index (χ4n) is 4.00. The van der Waals surface area contributed by atoms with Crippen LogP contribution in [0.25, 0.3) is 0 Å². The summed E-state index contributed by atoms with van der Waals surface area (Å²) >= 11 is 0. The topological polar surface area (TPSA) is 46.1 Å². The summed E-state index contributed by atoms with van der Waals surface area (Å²) in [5.41, 5.74) is 3.28. The lowest BCUT2D eigenvalue weighted by Crippen LogP contribution is -2.45. The number of methoxy groups -OCH3 is 2. The van der Waals surface area contributed by atoms with E-state index in [1.54, 1.807) is 27.3 Å². The van der Waals surface area contributed by atoms with Crippen molar-refractivity contribution in [3.63, 3.8) is 0 Å². The van der Waals surface area contributed by atoms with Gasteiger partial charge in [-0.3, -0.25) is 4.99 Å². The monoisotopic (exact) mass is 511 g/mol. The normalized spacial score (nSPS) is 20.4. The molecule has 2 aromatic carbocycles. The SMILES string of the molecule is CN=C(NC1CC1c1ccccc1F)N1CCc2cc(OC)c(OC)cc2C1.I. The Hall–Kier alpha value is -2.03. The lowest BCUT2D eigenvalue weighted by Gasteiger charge is -2.32. The maximum atomic E-state index is 14.0. The van der Waals surface area contributed by atoms with Crippen LogP contribution in [-0.4, -0.2) is 44.7 Å². The maximum Gasteiger partial charge on any atom is 0.194 e. The standard InChI is InChI=1S/C22H26FN3O2.HI/c1-24-22(25-19-12-17(19)16-6-4-5-7-18(16)23)26-9-8-14-10-20(27-2)21(28-3)11-15(14)13-26;/h4-7,10-11,17,19H,8-9,12-13H2,1-3H3,(H,24,25);1H. The van der Waals surface area contributed by atoms with Gasteiger partial charge in [0.2, 0.25) is 0 Å². The molecule has 29 heavy (non-hydrogen) atoms. The molecule has 2 unspecified atom stereocenters. The second-order valence-electron chi connectivity index (χ2n) is 7.31. The largest absolute Gasteiger partial charge is 0.493 e. The molecule has 1 aliphatic heterocycles. The summed E-state index contributed by atoms with van der Waals surface area (Å²) in [6, 6.07) is 11.4. The Morgan fingerprint density at radius 2 is 1.83 bits per heavy atom. The molecule has 0 spiro atoms. The van der Waals surface area contributed by atoms with E-state index in [0.29, 0.717) is 0 Å². The first-order valence-electron chi connectivity index (χ1n) is 9.61. The summed E-state index contributed by atoms with van der Waals surface area (Å²) in [6.45, 7) is 1.63. The fourth-order valence-corrected chi connectivity index (χ4v) is 4.00. The van der Waals surface area contributed by atoms with Crippen LogP contribution in [0.3, 0.4) is 0 Å². The highest BCUT2D eigenvalue weighted by molar-refractivity contribution is 14.0. The van der Waals surface area contributed by atoms with Crippen LogP contribution in [0.2, 0.25) is 0 Å². The second kappa shape index (κ2) is 9.19. The minimum atomic E-state index is -0.125. The fraction of sp³-hybridized carbons (Fsp3) is 0.409. The van der Waals surface area contributed by atoms with Crippen LogP contribution < -0.4 is 14.8 Å². The van der Waals surface area contributed by atoms with Crippen LogP contribution >= 0.6 is 24.0 Å². The summed E-state index contributed by atoms with van der Waals surface area (Å²) in [7, 11) is 5.11. The number of hydrogen-bond acceptors (Lipinski definition) is 3. The minimum Gasteiger partial charge on any atom is -0.493 e. The summed E-state index contributed by atoms with van der Waals surface area (Å²) in [4.78, 5) is 6.71. The van der Waals surface area contributed by atoms with E-state index in [-0.39, 0.29) is 41.8 Å². The smallest absolute Gasteiger partial charge is 0.194 e. The molecule has 1 aliphatic carbocycles. The van der Waals surface area contributed by atoms with Crippen LogP contribution in [-0.2, 0) is 13.0 Å². The molecule has 0 amide bonds. The highest BCUT2D eigenvalue weighted by atomic mass is 127. The predicted molar refractivity (Wildman–Crippen MR) is 123 cm³/mol. The van der Waals surface area contributed by atoms with E-state index in [1.807, 2.05) is 18.2 Å². The van der Waals surface area contributed by atoms with Crippen molar-refractivity contribution in [2.45, 2.75) is 31.3 Å². The van der Waals surface area contributed by atoms with Crippen LogP contribution in [0.5, 0.6) is 11.5 Å². The number of aliphatic imine (C=N–C) groups is 1. The van der Waals surface area contributed by atoms with Crippen molar-refractivity contribution >= 4 is 29.9 Å². The summed E-state index contributed by atoms with van der Waals surface area (Å²) in [6.07, 6.45) is 1.84. The van der Waals surface area contributed by atoms with Crippen molar-refractivity contribution in [2.24, 2.45) is 4.99 Å². The van der Waals surface area contributed by atoms with Gasteiger partial charge in [0, 0.05) is 32.1 Å². The zero-order valence-corrected chi connectivity index (χ0v) is 19.3. The number of hydrogen-bond donors (Lipinski definition) is 1. The first kappa shape index (κ1) is 21.7. The Kier molecular flexibility index (Phi) is 6.87. The average Bonchev–Trinajstić information content (AvgIpc) is 3.49. The molecule has 1 heterocycles. The first-order chi connectivity index (χ1) is 13.6. The predicted octanol–water partition coefficient (Wildman–Crippen LogP) is 3.95. The first-order valence-corrected chi connectivity index (χ1v) is 9.61. The molecule has 1 fully saturated rings. The van der Waals surface area contributed by atoms with E-state index in [2.05, 4.69) is 21.3 Å². The van der Waals surface area contributed by atoms with Gasteiger partial charge in [0.25, 0.3) is 0 Å². The molecular weight excluding hydrogens is 484 g/mol. The molecule has 7 heteroatoms. The van der Waals surface area contributed by atoms with Gasteiger partial charge in [0.15, 0.2) is 17.5 Å². The number of nitrogens with one attached hydrogen (secondary N) is 1. The van der Waals surface area contributed by atoms with Gasteiger partial charge in [-0.1, -0.05) is 18.2 Å². The molecule has 2 atom stereocenters. The van der Waals surface area contributed by atoms with Gasteiger partial charge >= 0.3 is 0 Å². The van der Waals surface area contributed by atoms with Gasteiger partial charge in [-0.05, 0) is 47.7 Å². The highest BCUT2D eigenvalue weighted by Crippen LogP contribution is 2.42. The van der Waals surface area contributed by atoms with Crippen LogP contribution in [0.4, 0.5) is 4.39 Å². The lowest BCUT2D eigenvalue weighted by atomic mass is 9.99. The lowest BCUT2D eigenvalue weighted by molar-refractivity contribution is 0.346. The molecule has 0 bridgehead atoms. The zero-order valence-electron chi connectivity index (χ0n) is 16.9. The molecule has 2 aromatic rings. The number of nitrogens with zero attached hydrogens (tertiary/aromatic N) is 2. The Morgan fingerprint density at radius 1 is 1.14 bits per heavy atom. The van der Waals surface area contributed by atoms with Crippen molar-refractivity contribution in [3.05, 3.63) is 58.9 Å². The van der Waals surface area contributed by atoms with E-state index < -0.39 is 0 Å². The van der Waals surface area contributed by atoms with Crippen molar-refractivity contribution in [2.75, 3.05) is 27.8 Å². The van der Waals surface area contributed by atoms with Crippen LogP contribution in [0.15, 0.2) is 41.4 Å². The molecule has 0 saturated heterocycles. The van der Waals surface area contributed by atoms with Gasteiger partial charge in [-0.2, -0.15) is 0 Å². The van der Waals surface area contributed by atoms with Gasteiger partial charge in [-0.25, -0.2) is 4.39 Å². The molecule has 5 nitrogen and oxygen atoms in total. The zero-order chi connectivity index (χ0) is 19.7. The van der Waals surface area contributed by atoms with Crippen molar-refractivity contribution in [1.82, 2.24) is 10.2 Å². The Morgan fingerprint density at radius 3 is 2.48 bits per heavy atom. The summed E-state index contributed by atoms with van der Waals surface area (Å²) in [5, 5.41) is 3.52. The molecule has 156 valence electrons. The Labute approximate surface area is 188 Å². The number of benzene rings is 2. The third kappa shape index (κ3) is 4.44. The third-order valence-electron chi connectivity index (χ3n) is 5.64. The maximum absolute atomic E-state index is 14.0. The summed E-state index contributed by atoms with van der Waals surface area (Å²) < 4.78 is 24.9. The molecule has 2 aliphatic rings. The molecule has 1 saturated carbocycles. The average molecular weight is 511 g/mol. The van der Waals surface area contributed by atoms with E-state index in [4.69, 9.17) is 9.47 Å². The number of guanidine groups is 1. The second-order valence-corrected chi connectivity index (χ2v) is 7.31. The van der Waals surface area contributed by atoms with E-state index in [1.165, 1.54) is 17.2 Å². The van der Waals surface area contributed by atoms with Gasteiger partial charge in [0.05, 0.1) is 14.2 Å². The Balaban J connectivity index is 0.00000240. The minimum absolute atomic E-state index is 0. The molecule has 1 N–H and O–H groups in total. The molecule has 0 radical (unpaired) electrons. The molecular formula is C22H27FIN3O2. The molecule has 4 rings (SSSR count).